The van der Waals surface area contributed by atoms with Gasteiger partial charge in [-0.3, -0.25) is 14.9 Å². The largest absolute Gasteiger partial charge is 0.296 e. The molecule has 1 aromatic rings. The summed E-state index contributed by atoms with van der Waals surface area (Å²) in [7, 11) is 0. The molecule has 0 saturated carbocycles. The zero-order chi connectivity index (χ0) is 9.26. The molecule has 1 aromatic heterocycles. The standard InChI is InChI=1S/C9H9NO2S/c11-8-3-7(4-9(12)10-8)6-1-2-13-5-6/h1-2,5,7H,3-4H2,(H,10,11,12). The molecule has 68 valence electrons. The van der Waals surface area contributed by atoms with Crippen LogP contribution in [-0.4, -0.2) is 11.8 Å². The first-order valence-corrected chi connectivity index (χ1v) is 5.05. The molecule has 1 saturated heterocycles. The molecular formula is C9H9NO2S. The summed E-state index contributed by atoms with van der Waals surface area (Å²) in [6, 6.07) is 1.97. The molecule has 2 heterocycles. The number of imide groups is 1. The van der Waals surface area contributed by atoms with Crippen LogP contribution in [-0.2, 0) is 9.59 Å². The van der Waals surface area contributed by atoms with Gasteiger partial charge in [0.25, 0.3) is 0 Å². The molecule has 0 unspecified atom stereocenters. The maximum atomic E-state index is 11.1. The Morgan fingerprint density at radius 2 is 2.00 bits per heavy atom. The fraction of sp³-hybridized carbons (Fsp3) is 0.333. The van der Waals surface area contributed by atoms with Crippen LogP contribution in [0.2, 0.25) is 0 Å². The molecule has 0 aliphatic carbocycles. The predicted octanol–water partition coefficient (Wildman–Crippen LogP) is 1.27. The van der Waals surface area contributed by atoms with Crippen LogP contribution < -0.4 is 5.32 Å². The first kappa shape index (κ1) is 8.44. The lowest BCUT2D eigenvalue weighted by Gasteiger charge is -2.19. The van der Waals surface area contributed by atoms with Crippen LogP contribution >= 0.6 is 11.3 Å². The summed E-state index contributed by atoms with van der Waals surface area (Å²) in [5, 5.41) is 6.26. The summed E-state index contributed by atoms with van der Waals surface area (Å²) in [5.74, 6) is -0.229. The minimum absolute atomic E-state index is 0.0903. The summed E-state index contributed by atoms with van der Waals surface area (Å²) >= 11 is 1.59. The van der Waals surface area contributed by atoms with E-state index in [1.54, 1.807) is 11.3 Å². The second kappa shape index (κ2) is 3.30. The number of hydrogen-bond acceptors (Lipinski definition) is 3. The molecule has 0 radical (unpaired) electrons. The van der Waals surface area contributed by atoms with E-state index in [-0.39, 0.29) is 17.7 Å². The predicted molar refractivity (Wildman–Crippen MR) is 49.4 cm³/mol. The van der Waals surface area contributed by atoms with Gasteiger partial charge in [0.1, 0.15) is 0 Å². The Morgan fingerprint density at radius 3 is 2.54 bits per heavy atom. The SMILES string of the molecule is O=C1CC(c2ccsc2)CC(=O)N1. The lowest BCUT2D eigenvalue weighted by Crippen LogP contribution is -2.37. The molecule has 0 bridgehead atoms. The maximum absolute atomic E-state index is 11.1. The Labute approximate surface area is 79.8 Å². The Kier molecular flexibility index (Phi) is 2.14. The average molecular weight is 195 g/mol. The van der Waals surface area contributed by atoms with Crippen LogP contribution in [0.3, 0.4) is 0 Å². The summed E-state index contributed by atoms with van der Waals surface area (Å²) < 4.78 is 0. The van der Waals surface area contributed by atoms with Crippen molar-refractivity contribution < 1.29 is 9.59 Å². The number of carbonyl (C=O) groups excluding carboxylic acids is 2. The second-order valence-electron chi connectivity index (χ2n) is 3.13. The van der Waals surface area contributed by atoms with E-state index in [4.69, 9.17) is 0 Å². The Bertz CT molecular complexity index is 315. The summed E-state index contributed by atoms with van der Waals surface area (Å²) in [6.45, 7) is 0. The van der Waals surface area contributed by atoms with Crippen molar-refractivity contribution >= 4 is 23.2 Å². The number of rotatable bonds is 1. The fourth-order valence-electron chi connectivity index (χ4n) is 1.52. The number of carbonyl (C=O) groups is 2. The summed E-state index contributed by atoms with van der Waals surface area (Å²) in [6.07, 6.45) is 0.866. The third-order valence-corrected chi connectivity index (χ3v) is 2.86. The monoisotopic (exact) mass is 195 g/mol. The zero-order valence-corrected chi connectivity index (χ0v) is 7.76. The highest BCUT2D eigenvalue weighted by molar-refractivity contribution is 7.08. The van der Waals surface area contributed by atoms with Gasteiger partial charge in [0.2, 0.25) is 11.8 Å². The molecule has 3 nitrogen and oxygen atoms in total. The van der Waals surface area contributed by atoms with Gasteiger partial charge in [0.05, 0.1) is 0 Å². The van der Waals surface area contributed by atoms with Crippen molar-refractivity contribution in [2.24, 2.45) is 0 Å². The van der Waals surface area contributed by atoms with Crippen LogP contribution in [0.25, 0.3) is 0 Å². The van der Waals surface area contributed by atoms with Crippen molar-refractivity contribution in [2.45, 2.75) is 18.8 Å². The summed E-state index contributed by atoms with van der Waals surface area (Å²) in [4.78, 5) is 22.1. The average Bonchev–Trinajstić information content (AvgIpc) is 2.53. The quantitative estimate of drug-likeness (QED) is 0.686. The van der Waals surface area contributed by atoms with E-state index in [0.717, 1.165) is 5.56 Å². The molecule has 1 aliphatic rings. The normalized spacial score (nSPS) is 18.8. The highest BCUT2D eigenvalue weighted by Crippen LogP contribution is 2.27. The molecule has 4 heteroatoms. The number of thiophene rings is 1. The fourth-order valence-corrected chi connectivity index (χ4v) is 2.26. The smallest absolute Gasteiger partial charge is 0.227 e. The van der Waals surface area contributed by atoms with E-state index in [1.165, 1.54) is 0 Å². The van der Waals surface area contributed by atoms with Crippen molar-refractivity contribution in [3.8, 4) is 0 Å². The molecule has 0 atom stereocenters. The number of hydrogen-bond donors (Lipinski definition) is 1. The van der Waals surface area contributed by atoms with Gasteiger partial charge in [-0.1, -0.05) is 0 Å². The van der Waals surface area contributed by atoms with Crippen LogP contribution in [0.1, 0.15) is 24.3 Å². The van der Waals surface area contributed by atoms with Crippen LogP contribution in [0.15, 0.2) is 16.8 Å². The van der Waals surface area contributed by atoms with Gasteiger partial charge >= 0.3 is 0 Å². The topological polar surface area (TPSA) is 46.2 Å². The number of nitrogens with one attached hydrogen (secondary N) is 1. The van der Waals surface area contributed by atoms with E-state index >= 15 is 0 Å². The van der Waals surface area contributed by atoms with Crippen molar-refractivity contribution in [3.63, 3.8) is 0 Å². The van der Waals surface area contributed by atoms with Crippen molar-refractivity contribution in [1.29, 1.82) is 0 Å². The molecule has 1 N–H and O–H groups in total. The minimum Gasteiger partial charge on any atom is -0.296 e. The molecule has 0 spiro atoms. The summed E-state index contributed by atoms with van der Waals surface area (Å²) in [5.41, 5.74) is 1.10. The molecule has 0 aromatic carbocycles. The van der Waals surface area contributed by atoms with E-state index in [0.29, 0.717) is 12.8 Å². The highest BCUT2D eigenvalue weighted by Gasteiger charge is 2.25. The maximum Gasteiger partial charge on any atom is 0.227 e. The van der Waals surface area contributed by atoms with E-state index in [1.807, 2.05) is 16.8 Å². The number of amides is 2. The van der Waals surface area contributed by atoms with Crippen molar-refractivity contribution in [2.75, 3.05) is 0 Å². The Balaban J connectivity index is 2.16. The van der Waals surface area contributed by atoms with Gasteiger partial charge in [-0.05, 0) is 22.4 Å². The van der Waals surface area contributed by atoms with Crippen molar-refractivity contribution in [3.05, 3.63) is 22.4 Å². The first-order chi connectivity index (χ1) is 6.25. The second-order valence-corrected chi connectivity index (χ2v) is 3.91. The molecule has 13 heavy (non-hydrogen) atoms. The zero-order valence-electron chi connectivity index (χ0n) is 6.95. The number of piperidine rings is 1. The van der Waals surface area contributed by atoms with E-state index < -0.39 is 0 Å². The minimum atomic E-state index is -0.160. The van der Waals surface area contributed by atoms with Crippen LogP contribution in [0.4, 0.5) is 0 Å². The Morgan fingerprint density at radius 1 is 1.31 bits per heavy atom. The van der Waals surface area contributed by atoms with Gasteiger partial charge in [-0.2, -0.15) is 11.3 Å². The first-order valence-electron chi connectivity index (χ1n) is 4.10. The third-order valence-electron chi connectivity index (χ3n) is 2.16. The molecule has 2 amide bonds. The van der Waals surface area contributed by atoms with Gasteiger partial charge in [0, 0.05) is 18.8 Å². The van der Waals surface area contributed by atoms with Gasteiger partial charge in [0.15, 0.2) is 0 Å². The van der Waals surface area contributed by atoms with Crippen LogP contribution in [0, 0.1) is 0 Å². The van der Waals surface area contributed by atoms with Crippen molar-refractivity contribution in [1.82, 2.24) is 5.32 Å². The molecule has 1 aliphatic heterocycles. The van der Waals surface area contributed by atoms with Gasteiger partial charge in [-0.25, -0.2) is 0 Å². The third kappa shape index (κ3) is 1.78. The van der Waals surface area contributed by atoms with Gasteiger partial charge in [-0.15, -0.1) is 0 Å². The highest BCUT2D eigenvalue weighted by atomic mass is 32.1. The van der Waals surface area contributed by atoms with E-state index in [2.05, 4.69) is 5.32 Å². The molecule has 1 fully saturated rings. The van der Waals surface area contributed by atoms with Gasteiger partial charge < -0.3 is 0 Å². The van der Waals surface area contributed by atoms with Crippen LogP contribution in [0.5, 0.6) is 0 Å². The van der Waals surface area contributed by atoms with E-state index in [9.17, 15) is 9.59 Å². The lowest BCUT2D eigenvalue weighted by molar-refractivity contribution is -0.133. The molecular weight excluding hydrogens is 186 g/mol. The lowest BCUT2D eigenvalue weighted by atomic mass is 9.91. The molecule has 2 rings (SSSR count). The Hall–Kier alpha value is -1.16.